The SMILES string of the molecule is C=C(C(C)C)C(CC)C(C)CC(C)C. The van der Waals surface area contributed by atoms with E-state index in [-0.39, 0.29) is 0 Å². The highest BCUT2D eigenvalue weighted by atomic mass is 14.3. The van der Waals surface area contributed by atoms with Gasteiger partial charge in [-0.1, -0.05) is 53.7 Å². The lowest BCUT2D eigenvalue weighted by molar-refractivity contribution is 0.318. The molecule has 0 radical (unpaired) electrons. The van der Waals surface area contributed by atoms with Crippen LogP contribution in [0.1, 0.15) is 54.4 Å². The second-order valence-electron chi connectivity index (χ2n) is 5.35. The van der Waals surface area contributed by atoms with Crippen molar-refractivity contribution < 1.29 is 0 Å². The maximum absolute atomic E-state index is 4.25. The Hall–Kier alpha value is -0.260. The van der Waals surface area contributed by atoms with Crippen molar-refractivity contribution >= 4 is 0 Å². The van der Waals surface area contributed by atoms with E-state index in [1.54, 1.807) is 0 Å². The van der Waals surface area contributed by atoms with Gasteiger partial charge in [0.25, 0.3) is 0 Å². The fourth-order valence-corrected chi connectivity index (χ4v) is 2.37. The molecule has 2 atom stereocenters. The molecule has 0 aromatic rings. The average molecular weight is 196 g/mol. The first-order valence-corrected chi connectivity index (χ1v) is 6.08. The molecule has 0 aliphatic rings. The van der Waals surface area contributed by atoms with Crippen molar-refractivity contribution in [2.75, 3.05) is 0 Å². The minimum absolute atomic E-state index is 0.634. The molecule has 14 heavy (non-hydrogen) atoms. The molecule has 0 heteroatoms. The van der Waals surface area contributed by atoms with Crippen LogP contribution < -0.4 is 0 Å². The molecule has 0 heterocycles. The first kappa shape index (κ1) is 13.7. The molecule has 0 N–H and O–H groups in total. The average Bonchev–Trinajstić information content (AvgIpc) is 2.03. The lowest BCUT2D eigenvalue weighted by atomic mass is 9.77. The van der Waals surface area contributed by atoms with Crippen molar-refractivity contribution in [1.82, 2.24) is 0 Å². The molecule has 0 aromatic heterocycles. The van der Waals surface area contributed by atoms with Crippen molar-refractivity contribution in [1.29, 1.82) is 0 Å². The summed E-state index contributed by atoms with van der Waals surface area (Å²) in [5.41, 5.74) is 1.45. The van der Waals surface area contributed by atoms with Gasteiger partial charge < -0.3 is 0 Å². The van der Waals surface area contributed by atoms with Crippen molar-refractivity contribution in [2.24, 2.45) is 23.7 Å². The molecule has 0 aromatic carbocycles. The molecule has 0 aliphatic heterocycles. The quantitative estimate of drug-likeness (QED) is 0.530. The second-order valence-corrected chi connectivity index (χ2v) is 5.35. The van der Waals surface area contributed by atoms with Crippen LogP contribution in [0, 0.1) is 23.7 Å². The molecule has 0 bridgehead atoms. The Morgan fingerprint density at radius 3 is 1.86 bits per heavy atom. The molecule has 0 saturated heterocycles. The van der Waals surface area contributed by atoms with Crippen LogP contribution in [0.3, 0.4) is 0 Å². The van der Waals surface area contributed by atoms with Crippen LogP contribution in [-0.2, 0) is 0 Å². The second kappa shape index (κ2) is 6.27. The third kappa shape index (κ3) is 4.30. The van der Waals surface area contributed by atoms with Crippen molar-refractivity contribution in [3.8, 4) is 0 Å². The highest BCUT2D eigenvalue weighted by molar-refractivity contribution is 5.04. The third-order valence-corrected chi connectivity index (χ3v) is 3.19. The van der Waals surface area contributed by atoms with Gasteiger partial charge >= 0.3 is 0 Å². The molecule has 0 nitrogen and oxygen atoms in total. The fourth-order valence-electron chi connectivity index (χ4n) is 2.37. The van der Waals surface area contributed by atoms with E-state index in [0.29, 0.717) is 5.92 Å². The highest BCUT2D eigenvalue weighted by Gasteiger charge is 2.20. The van der Waals surface area contributed by atoms with Gasteiger partial charge in [0, 0.05) is 0 Å². The zero-order chi connectivity index (χ0) is 11.3. The van der Waals surface area contributed by atoms with Gasteiger partial charge in [-0.15, -0.1) is 0 Å². The summed E-state index contributed by atoms with van der Waals surface area (Å²) < 4.78 is 0. The Morgan fingerprint density at radius 2 is 1.57 bits per heavy atom. The van der Waals surface area contributed by atoms with E-state index in [1.807, 2.05) is 0 Å². The summed E-state index contributed by atoms with van der Waals surface area (Å²) in [7, 11) is 0. The van der Waals surface area contributed by atoms with E-state index >= 15 is 0 Å². The summed E-state index contributed by atoms with van der Waals surface area (Å²) in [4.78, 5) is 0. The van der Waals surface area contributed by atoms with Gasteiger partial charge in [0.05, 0.1) is 0 Å². The van der Waals surface area contributed by atoms with Crippen LogP contribution in [0.25, 0.3) is 0 Å². The minimum Gasteiger partial charge on any atom is -0.0993 e. The number of allylic oxidation sites excluding steroid dienone is 1. The zero-order valence-corrected chi connectivity index (χ0v) is 10.9. The van der Waals surface area contributed by atoms with Crippen molar-refractivity contribution in [3.63, 3.8) is 0 Å². The fraction of sp³-hybridized carbons (Fsp3) is 0.857. The predicted molar refractivity (Wildman–Crippen MR) is 66.4 cm³/mol. The summed E-state index contributed by atoms with van der Waals surface area (Å²) in [6, 6.07) is 0. The third-order valence-electron chi connectivity index (χ3n) is 3.19. The molecular weight excluding hydrogens is 168 g/mol. The van der Waals surface area contributed by atoms with Crippen molar-refractivity contribution in [3.05, 3.63) is 12.2 Å². The number of hydrogen-bond acceptors (Lipinski definition) is 0. The van der Waals surface area contributed by atoms with E-state index in [9.17, 15) is 0 Å². The van der Waals surface area contributed by atoms with Gasteiger partial charge in [0.1, 0.15) is 0 Å². The summed E-state index contributed by atoms with van der Waals surface area (Å²) in [6.45, 7) is 18.0. The van der Waals surface area contributed by atoms with Crippen LogP contribution in [0.5, 0.6) is 0 Å². The Morgan fingerprint density at radius 1 is 1.07 bits per heavy atom. The molecule has 0 fully saturated rings. The van der Waals surface area contributed by atoms with Crippen LogP contribution in [0.4, 0.5) is 0 Å². The van der Waals surface area contributed by atoms with E-state index in [2.05, 4.69) is 48.1 Å². The van der Waals surface area contributed by atoms with Gasteiger partial charge in [0.15, 0.2) is 0 Å². The van der Waals surface area contributed by atoms with Gasteiger partial charge in [-0.2, -0.15) is 0 Å². The standard InChI is InChI=1S/C14H28/c1-8-14(13(7)11(4)5)12(6)9-10(2)3/h10-12,14H,7-9H2,1-6H3. The Balaban J connectivity index is 4.32. The maximum Gasteiger partial charge on any atom is -0.0180 e. The maximum atomic E-state index is 4.25. The largest absolute Gasteiger partial charge is 0.0993 e. The first-order chi connectivity index (χ1) is 6.40. The van der Waals surface area contributed by atoms with E-state index in [0.717, 1.165) is 17.8 Å². The molecule has 0 amide bonds. The van der Waals surface area contributed by atoms with E-state index in [4.69, 9.17) is 0 Å². The Bertz CT molecular complexity index is 165. The highest BCUT2D eigenvalue weighted by Crippen LogP contribution is 2.31. The molecule has 0 spiro atoms. The predicted octanol–water partition coefficient (Wildman–Crippen LogP) is 4.91. The molecule has 84 valence electrons. The van der Waals surface area contributed by atoms with E-state index < -0.39 is 0 Å². The monoisotopic (exact) mass is 196 g/mol. The van der Waals surface area contributed by atoms with Crippen LogP contribution in [-0.4, -0.2) is 0 Å². The smallest absolute Gasteiger partial charge is 0.0180 e. The van der Waals surface area contributed by atoms with Gasteiger partial charge in [-0.05, 0) is 36.5 Å². The van der Waals surface area contributed by atoms with Crippen molar-refractivity contribution in [2.45, 2.75) is 54.4 Å². The van der Waals surface area contributed by atoms with Gasteiger partial charge in [-0.25, -0.2) is 0 Å². The zero-order valence-electron chi connectivity index (χ0n) is 10.9. The van der Waals surface area contributed by atoms with E-state index in [1.165, 1.54) is 18.4 Å². The summed E-state index contributed by atoms with van der Waals surface area (Å²) in [5.74, 6) is 2.95. The normalized spacial score (nSPS) is 16.0. The molecule has 0 rings (SSSR count). The lowest BCUT2D eigenvalue weighted by Crippen LogP contribution is -2.17. The van der Waals surface area contributed by atoms with Crippen LogP contribution >= 0.6 is 0 Å². The number of hydrogen-bond donors (Lipinski definition) is 0. The Kier molecular flexibility index (Phi) is 6.15. The molecular formula is C14H28. The molecule has 2 unspecified atom stereocenters. The van der Waals surface area contributed by atoms with Gasteiger partial charge in [0.2, 0.25) is 0 Å². The Labute approximate surface area is 90.8 Å². The summed E-state index contributed by atoms with van der Waals surface area (Å²) in [5, 5.41) is 0. The lowest BCUT2D eigenvalue weighted by Gasteiger charge is -2.28. The number of rotatable bonds is 6. The van der Waals surface area contributed by atoms with Crippen LogP contribution in [0.15, 0.2) is 12.2 Å². The van der Waals surface area contributed by atoms with Crippen LogP contribution in [0.2, 0.25) is 0 Å². The topological polar surface area (TPSA) is 0 Å². The molecule has 0 aliphatic carbocycles. The first-order valence-electron chi connectivity index (χ1n) is 6.08. The molecule has 0 saturated carbocycles. The van der Waals surface area contributed by atoms with Gasteiger partial charge in [-0.3, -0.25) is 0 Å². The summed E-state index contributed by atoms with van der Waals surface area (Å²) in [6.07, 6.45) is 2.56. The minimum atomic E-state index is 0.634. The summed E-state index contributed by atoms with van der Waals surface area (Å²) >= 11 is 0.